The van der Waals surface area contributed by atoms with Crippen molar-refractivity contribution in [1.29, 1.82) is 0 Å². The minimum atomic E-state index is -0.219. The molecule has 0 aromatic heterocycles. The molecule has 2 N–H and O–H groups in total. The second kappa shape index (κ2) is 4.88. The number of hydrogen-bond acceptors (Lipinski definition) is 2. The molecule has 1 saturated heterocycles. The van der Waals surface area contributed by atoms with Crippen LogP contribution < -0.4 is 10.6 Å². The van der Waals surface area contributed by atoms with Gasteiger partial charge >= 0.3 is 0 Å². The van der Waals surface area contributed by atoms with Crippen LogP contribution in [-0.2, 0) is 4.79 Å². The molecule has 92 valence electrons. The third kappa shape index (κ3) is 2.50. The van der Waals surface area contributed by atoms with Gasteiger partial charge in [0, 0.05) is 12.2 Å². The number of nitrogens with one attached hydrogen (secondary N) is 2. The molecule has 0 aliphatic carbocycles. The van der Waals surface area contributed by atoms with Gasteiger partial charge in [-0.05, 0) is 44.0 Å². The van der Waals surface area contributed by atoms with Gasteiger partial charge in [0.2, 0.25) is 5.91 Å². The largest absolute Gasteiger partial charge is 0.326 e. The molecule has 17 heavy (non-hydrogen) atoms. The summed E-state index contributed by atoms with van der Waals surface area (Å²) < 4.78 is 0. The van der Waals surface area contributed by atoms with Crippen LogP contribution in [0.15, 0.2) is 24.3 Å². The molecule has 1 aromatic rings. The van der Waals surface area contributed by atoms with Crippen molar-refractivity contribution in [3.05, 3.63) is 29.8 Å². The predicted octanol–water partition coefficient (Wildman–Crippen LogP) is 2.32. The number of benzene rings is 1. The number of carbonyl (C=O) groups excluding carboxylic acids is 1. The van der Waals surface area contributed by atoms with Gasteiger partial charge < -0.3 is 10.6 Å². The highest BCUT2D eigenvalue weighted by atomic mass is 16.2. The molecule has 3 nitrogen and oxygen atoms in total. The Morgan fingerprint density at radius 2 is 2.35 bits per heavy atom. The fraction of sp³-hybridized carbons (Fsp3) is 0.500. The standard InChI is InChI=1S/C14H20N2O/c1-3-14(7-8-15-10-14)13(17)16-12-6-4-5-11(2)9-12/h4-6,9,15H,3,7-8,10H2,1-2H3,(H,16,17). The third-order valence-corrected chi connectivity index (χ3v) is 3.68. The van der Waals surface area contributed by atoms with Crippen molar-refractivity contribution in [3.8, 4) is 0 Å². The van der Waals surface area contributed by atoms with Crippen molar-refractivity contribution in [3.63, 3.8) is 0 Å². The van der Waals surface area contributed by atoms with Crippen LogP contribution in [0.3, 0.4) is 0 Å². The number of aryl methyl sites for hydroxylation is 1. The average Bonchev–Trinajstić information content (AvgIpc) is 2.78. The van der Waals surface area contributed by atoms with Crippen LogP contribution in [0.2, 0.25) is 0 Å². The zero-order chi connectivity index (χ0) is 12.3. The number of carbonyl (C=O) groups is 1. The Hall–Kier alpha value is -1.35. The molecule has 1 aliphatic rings. The fourth-order valence-electron chi connectivity index (χ4n) is 2.39. The second-order valence-corrected chi connectivity index (χ2v) is 4.88. The maximum absolute atomic E-state index is 12.3. The summed E-state index contributed by atoms with van der Waals surface area (Å²) in [6.45, 7) is 5.85. The minimum Gasteiger partial charge on any atom is -0.326 e. The lowest BCUT2D eigenvalue weighted by Gasteiger charge is -2.25. The van der Waals surface area contributed by atoms with Crippen LogP contribution in [0.5, 0.6) is 0 Å². The first-order chi connectivity index (χ1) is 8.16. The molecule has 1 amide bonds. The summed E-state index contributed by atoms with van der Waals surface area (Å²) >= 11 is 0. The zero-order valence-electron chi connectivity index (χ0n) is 10.5. The predicted molar refractivity (Wildman–Crippen MR) is 70.0 cm³/mol. The van der Waals surface area contributed by atoms with Crippen LogP contribution in [-0.4, -0.2) is 19.0 Å². The molecule has 1 unspecified atom stereocenters. The SMILES string of the molecule is CCC1(C(=O)Nc2cccc(C)c2)CCNC1. The maximum atomic E-state index is 12.3. The molecule has 1 fully saturated rings. The minimum absolute atomic E-state index is 0.149. The lowest BCUT2D eigenvalue weighted by atomic mass is 9.83. The Morgan fingerprint density at radius 3 is 2.94 bits per heavy atom. The molecule has 0 radical (unpaired) electrons. The molecule has 1 heterocycles. The van der Waals surface area contributed by atoms with E-state index >= 15 is 0 Å². The highest BCUT2D eigenvalue weighted by Crippen LogP contribution is 2.30. The number of anilines is 1. The van der Waals surface area contributed by atoms with Gasteiger partial charge in [-0.25, -0.2) is 0 Å². The first-order valence-electron chi connectivity index (χ1n) is 6.25. The van der Waals surface area contributed by atoms with Crippen LogP contribution in [0.4, 0.5) is 5.69 Å². The van der Waals surface area contributed by atoms with Crippen LogP contribution in [0, 0.1) is 12.3 Å². The van der Waals surface area contributed by atoms with E-state index in [2.05, 4.69) is 17.6 Å². The Bertz CT molecular complexity index is 408. The normalized spacial score (nSPS) is 23.6. The molecule has 0 spiro atoms. The number of amides is 1. The van der Waals surface area contributed by atoms with Crippen molar-refractivity contribution >= 4 is 11.6 Å². The van der Waals surface area contributed by atoms with Crippen LogP contribution >= 0.6 is 0 Å². The molecule has 1 aromatic carbocycles. The van der Waals surface area contributed by atoms with E-state index in [4.69, 9.17) is 0 Å². The first-order valence-corrected chi connectivity index (χ1v) is 6.25. The average molecular weight is 232 g/mol. The highest BCUT2D eigenvalue weighted by Gasteiger charge is 2.39. The Labute approximate surface area is 103 Å². The van der Waals surface area contributed by atoms with E-state index in [1.54, 1.807) is 0 Å². The summed E-state index contributed by atoms with van der Waals surface area (Å²) in [6, 6.07) is 7.94. The number of hydrogen-bond donors (Lipinski definition) is 2. The van der Waals surface area contributed by atoms with Gasteiger partial charge in [0.1, 0.15) is 0 Å². The van der Waals surface area contributed by atoms with E-state index in [0.717, 1.165) is 37.2 Å². The molecule has 2 rings (SSSR count). The van der Waals surface area contributed by atoms with E-state index in [9.17, 15) is 4.79 Å². The van der Waals surface area contributed by atoms with Crippen molar-refractivity contribution in [2.75, 3.05) is 18.4 Å². The molecular weight excluding hydrogens is 212 g/mol. The summed E-state index contributed by atoms with van der Waals surface area (Å²) in [7, 11) is 0. The summed E-state index contributed by atoms with van der Waals surface area (Å²) in [4.78, 5) is 12.3. The lowest BCUT2D eigenvalue weighted by Crippen LogP contribution is -2.37. The van der Waals surface area contributed by atoms with Crippen LogP contribution in [0.25, 0.3) is 0 Å². The van der Waals surface area contributed by atoms with Crippen LogP contribution in [0.1, 0.15) is 25.3 Å². The Kier molecular flexibility index (Phi) is 3.48. The van der Waals surface area contributed by atoms with Crippen molar-refractivity contribution in [2.45, 2.75) is 26.7 Å². The van der Waals surface area contributed by atoms with E-state index in [0.29, 0.717) is 0 Å². The highest BCUT2D eigenvalue weighted by molar-refractivity contribution is 5.95. The van der Waals surface area contributed by atoms with Gasteiger partial charge in [-0.15, -0.1) is 0 Å². The topological polar surface area (TPSA) is 41.1 Å². The van der Waals surface area contributed by atoms with E-state index < -0.39 is 0 Å². The summed E-state index contributed by atoms with van der Waals surface area (Å²) in [5, 5.41) is 6.32. The van der Waals surface area contributed by atoms with E-state index in [1.807, 2.05) is 31.2 Å². The monoisotopic (exact) mass is 232 g/mol. The summed E-state index contributed by atoms with van der Waals surface area (Å²) in [5.41, 5.74) is 1.84. The van der Waals surface area contributed by atoms with Gasteiger partial charge in [-0.2, -0.15) is 0 Å². The Balaban J connectivity index is 2.10. The zero-order valence-corrected chi connectivity index (χ0v) is 10.5. The second-order valence-electron chi connectivity index (χ2n) is 4.88. The van der Waals surface area contributed by atoms with E-state index in [1.165, 1.54) is 0 Å². The van der Waals surface area contributed by atoms with E-state index in [-0.39, 0.29) is 11.3 Å². The summed E-state index contributed by atoms with van der Waals surface area (Å²) in [6.07, 6.45) is 1.82. The molecule has 0 saturated carbocycles. The quantitative estimate of drug-likeness (QED) is 0.839. The molecule has 1 atom stereocenters. The molecule has 0 bridgehead atoms. The summed E-state index contributed by atoms with van der Waals surface area (Å²) in [5.74, 6) is 0.149. The third-order valence-electron chi connectivity index (χ3n) is 3.68. The smallest absolute Gasteiger partial charge is 0.231 e. The molecule has 3 heteroatoms. The van der Waals surface area contributed by atoms with Gasteiger partial charge in [-0.3, -0.25) is 4.79 Å². The van der Waals surface area contributed by atoms with Crippen molar-refractivity contribution < 1.29 is 4.79 Å². The van der Waals surface area contributed by atoms with Gasteiger partial charge in [-0.1, -0.05) is 19.1 Å². The number of rotatable bonds is 3. The fourth-order valence-corrected chi connectivity index (χ4v) is 2.39. The maximum Gasteiger partial charge on any atom is 0.231 e. The van der Waals surface area contributed by atoms with Gasteiger partial charge in [0.05, 0.1) is 5.41 Å². The molecule has 1 aliphatic heterocycles. The van der Waals surface area contributed by atoms with Gasteiger partial charge in [0.15, 0.2) is 0 Å². The first kappa shape index (κ1) is 12.1. The molecular formula is C14H20N2O. The van der Waals surface area contributed by atoms with Crippen molar-refractivity contribution in [2.24, 2.45) is 5.41 Å². The van der Waals surface area contributed by atoms with Gasteiger partial charge in [0.25, 0.3) is 0 Å². The lowest BCUT2D eigenvalue weighted by molar-refractivity contribution is -0.124. The Morgan fingerprint density at radius 1 is 1.53 bits per heavy atom. The van der Waals surface area contributed by atoms with Crippen molar-refractivity contribution in [1.82, 2.24) is 5.32 Å².